The molecule has 174 valence electrons. The molecule has 1 heterocycles. The number of nitrogens with zero attached hydrogens (tertiary/aromatic N) is 3. The van der Waals surface area contributed by atoms with Gasteiger partial charge in [0, 0.05) is 28.2 Å². The molecular weight excluding hydrogens is 459 g/mol. The van der Waals surface area contributed by atoms with Crippen LogP contribution in [-0.2, 0) is 35.2 Å². The molecule has 1 aliphatic rings. The van der Waals surface area contributed by atoms with Gasteiger partial charge in [0.15, 0.2) is 0 Å². The summed E-state index contributed by atoms with van der Waals surface area (Å²) < 4.78 is 67.0. The fourth-order valence-electron chi connectivity index (χ4n) is 4.24. The molecule has 2 unspecified atom stereocenters. The number of benzene rings is 2. The van der Waals surface area contributed by atoms with E-state index >= 15 is 0 Å². The summed E-state index contributed by atoms with van der Waals surface area (Å²) in [6.07, 6.45) is -1.33. The normalized spacial score (nSPS) is 16.8. The summed E-state index contributed by atoms with van der Waals surface area (Å²) in [6.45, 7) is -0.324. The predicted octanol–water partition coefficient (Wildman–Crippen LogP) is 4.33. The number of aliphatic carboxylic acids is 1. The average molecular weight is 478 g/mol. The number of rotatable bonds is 6. The first-order valence-corrected chi connectivity index (χ1v) is 11.1. The molecule has 0 radical (unpaired) electrons. The van der Waals surface area contributed by atoms with Gasteiger partial charge >= 0.3 is 12.1 Å². The van der Waals surface area contributed by atoms with Crippen molar-refractivity contribution in [3.63, 3.8) is 0 Å². The molecule has 1 aromatic heterocycles. The molecule has 2 aromatic carbocycles. The predicted molar refractivity (Wildman–Crippen MR) is 114 cm³/mol. The molecule has 0 aliphatic heterocycles. The molecule has 11 heteroatoms. The second kappa shape index (κ2) is 8.99. The molecule has 0 amide bonds. The highest BCUT2D eigenvalue weighted by Crippen LogP contribution is 2.40. The third-order valence-electron chi connectivity index (χ3n) is 5.63. The van der Waals surface area contributed by atoms with Crippen LogP contribution in [0.5, 0.6) is 0 Å². The lowest BCUT2D eigenvalue weighted by Crippen LogP contribution is -2.33. The number of aromatic nitrogens is 2. The van der Waals surface area contributed by atoms with Crippen LogP contribution in [0.4, 0.5) is 18.9 Å². The lowest BCUT2D eigenvalue weighted by molar-refractivity contribution is -0.138. The van der Waals surface area contributed by atoms with Crippen molar-refractivity contribution in [3.8, 4) is 11.1 Å². The lowest BCUT2D eigenvalue weighted by Gasteiger charge is -2.37. The fourth-order valence-corrected chi connectivity index (χ4v) is 4.96. The van der Waals surface area contributed by atoms with Crippen LogP contribution in [0.2, 0.25) is 0 Å². The van der Waals surface area contributed by atoms with Crippen LogP contribution in [0.3, 0.4) is 0 Å². The first-order chi connectivity index (χ1) is 15.7. The number of carboxylic acids is 1. The summed E-state index contributed by atoms with van der Waals surface area (Å²) >= 11 is -2.68. The maximum atomic E-state index is 13.4. The molecule has 1 N–H and O–H groups in total. The summed E-state index contributed by atoms with van der Waals surface area (Å²) in [5, 5.41) is 13.2. The zero-order valence-corrected chi connectivity index (χ0v) is 18.0. The molecule has 0 saturated heterocycles. The van der Waals surface area contributed by atoms with Crippen LogP contribution in [0.25, 0.3) is 11.1 Å². The number of hydrogen-bond acceptors (Lipinski definition) is 4. The first-order valence-electron chi connectivity index (χ1n) is 10.1. The summed E-state index contributed by atoms with van der Waals surface area (Å²) in [7, 11) is 0. The quantitative estimate of drug-likeness (QED) is 0.532. The Balaban J connectivity index is 1.69. The van der Waals surface area contributed by atoms with Gasteiger partial charge in [-0.25, -0.2) is 0 Å². The van der Waals surface area contributed by atoms with Crippen molar-refractivity contribution in [2.45, 2.75) is 38.0 Å². The van der Waals surface area contributed by atoms with Crippen LogP contribution < -0.4 is 4.31 Å². The van der Waals surface area contributed by atoms with Gasteiger partial charge in [-0.15, -0.1) is 0 Å². The van der Waals surface area contributed by atoms with E-state index in [1.807, 2.05) is 0 Å². The van der Waals surface area contributed by atoms with Gasteiger partial charge in [-0.3, -0.25) is 18.0 Å². The smallest absolute Gasteiger partial charge is 0.417 e. The van der Waals surface area contributed by atoms with Crippen molar-refractivity contribution in [2.24, 2.45) is 0 Å². The molecular formula is C22H19F3N3O4S-. The average Bonchev–Trinajstić information content (AvgIpc) is 3.17. The van der Waals surface area contributed by atoms with E-state index < -0.39 is 35.0 Å². The van der Waals surface area contributed by atoms with Crippen LogP contribution in [0.1, 0.15) is 35.7 Å². The second-order valence-corrected chi connectivity index (χ2v) is 8.47. The molecule has 7 nitrogen and oxygen atoms in total. The van der Waals surface area contributed by atoms with E-state index in [9.17, 15) is 26.7 Å². The number of fused-ring (bicyclic) bond motifs is 1. The van der Waals surface area contributed by atoms with E-state index in [1.54, 1.807) is 0 Å². The molecule has 33 heavy (non-hydrogen) atoms. The minimum absolute atomic E-state index is 0.00115. The summed E-state index contributed by atoms with van der Waals surface area (Å²) in [6, 6.07) is 10.4. The first kappa shape index (κ1) is 23.0. The van der Waals surface area contributed by atoms with E-state index in [1.165, 1.54) is 53.3 Å². The summed E-state index contributed by atoms with van der Waals surface area (Å²) in [5.41, 5.74) is 1.12. The Morgan fingerprint density at radius 2 is 1.91 bits per heavy atom. The standard InChI is InChI=1S/C22H20F3N3O4S/c23-22(24,25)18-5-2-1-4-16(18)14-8-10-15(11-9-14)28(33(31)32)20-7-3-6-19-17(20)12-26-27(19)13-21(29)30/h1-2,4-5,8-12,20H,3,6-7,13H2,(H,29,30)(H,31,32)/p-1. The zero-order chi connectivity index (χ0) is 23.8. The van der Waals surface area contributed by atoms with Gasteiger partial charge in [0.05, 0.1) is 17.8 Å². The van der Waals surface area contributed by atoms with Crippen molar-refractivity contribution < 1.29 is 31.8 Å². The van der Waals surface area contributed by atoms with E-state index in [2.05, 4.69) is 5.10 Å². The number of carbonyl (C=O) groups is 1. The molecule has 1 aliphatic carbocycles. The third-order valence-corrected chi connectivity index (χ3v) is 6.41. The van der Waals surface area contributed by atoms with E-state index in [0.29, 0.717) is 41.8 Å². The molecule has 3 aromatic rings. The van der Waals surface area contributed by atoms with E-state index in [0.717, 1.165) is 10.4 Å². The Morgan fingerprint density at radius 3 is 2.55 bits per heavy atom. The number of halogens is 3. The molecule has 2 atom stereocenters. The Bertz CT molecular complexity index is 1190. The molecule has 0 bridgehead atoms. The van der Waals surface area contributed by atoms with Crippen molar-refractivity contribution in [1.29, 1.82) is 0 Å². The Kier molecular flexibility index (Phi) is 6.26. The molecule has 0 fully saturated rings. The van der Waals surface area contributed by atoms with Gasteiger partial charge in [0.2, 0.25) is 0 Å². The topological polar surface area (TPSA) is 98.5 Å². The Labute approximate surface area is 189 Å². The Hall–Kier alpha value is -3.18. The monoisotopic (exact) mass is 478 g/mol. The van der Waals surface area contributed by atoms with Gasteiger partial charge in [0.25, 0.3) is 0 Å². The highest BCUT2D eigenvalue weighted by atomic mass is 32.2. The van der Waals surface area contributed by atoms with Crippen LogP contribution in [-0.4, -0.2) is 29.6 Å². The van der Waals surface area contributed by atoms with Crippen LogP contribution in [0, 0.1) is 0 Å². The number of alkyl halides is 3. The van der Waals surface area contributed by atoms with Crippen molar-refractivity contribution >= 4 is 22.9 Å². The van der Waals surface area contributed by atoms with Crippen LogP contribution >= 0.6 is 0 Å². The maximum absolute atomic E-state index is 13.4. The van der Waals surface area contributed by atoms with Crippen molar-refractivity contribution in [3.05, 3.63) is 71.5 Å². The van der Waals surface area contributed by atoms with Crippen molar-refractivity contribution in [2.75, 3.05) is 4.31 Å². The van der Waals surface area contributed by atoms with Gasteiger partial charge < -0.3 is 9.66 Å². The highest BCUT2D eigenvalue weighted by Gasteiger charge is 2.34. The van der Waals surface area contributed by atoms with E-state index in [4.69, 9.17) is 5.11 Å². The van der Waals surface area contributed by atoms with Gasteiger partial charge in [-0.05, 0) is 48.6 Å². The number of hydrogen-bond donors (Lipinski definition) is 1. The van der Waals surface area contributed by atoms with E-state index in [-0.39, 0.29) is 12.1 Å². The van der Waals surface area contributed by atoms with Gasteiger partial charge in [-0.2, -0.15) is 18.3 Å². The third kappa shape index (κ3) is 4.64. The summed E-state index contributed by atoms with van der Waals surface area (Å²) in [4.78, 5) is 11.1. The maximum Gasteiger partial charge on any atom is 0.417 e. The highest BCUT2D eigenvalue weighted by molar-refractivity contribution is 7.80. The zero-order valence-electron chi connectivity index (χ0n) is 17.2. The second-order valence-electron chi connectivity index (χ2n) is 7.64. The van der Waals surface area contributed by atoms with Crippen molar-refractivity contribution in [1.82, 2.24) is 9.78 Å². The fraction of sp³-hybridized carbons (Fsp3) is 0.273. The molecule has 0 spiro atoms. The van der Waals surface area contributed by atoms with Gasteiger partial charge in [-0.1, -0.05) is 30.3 Å². The Morgan fingerprint density at radius 1 is 1.21 bits per heavy atom. The SMILES string of the molecule is O=C(O)Cn1ncc2c1CCCC2N(c1ccc(-c2ccccc2C(F)(F)F)cc1)S(=O)[O-]. The number of anilines is 1. The minimum atomic E-state index is -4.52. The summed E-state index contributed by atoms with van der Waals surface area (Å²) in [5.74, 6) is -1.05. The lowest BCUT2D eigenvalue weighted by atomic mass is 9.92. The largest absolute Gasteiger partial charge is 0.755 e. The molecule has 0 saturated carbocycles. The van der Waals surface area contributed by atoms with Crippen LogP contribution in [0.15, 0.2) is 54.7 Å². The minimum Gasteiger partial charge on any atom is -0.755 e. The number of carboxylic acid groups (broad SMARTS) is 1. The molecule has 4 rings (SSSR count). The van der Waals surface area contributed by atoms with Gasteiger partial charge in [0.1, 0.15) is 6.54 Å².